The summed E-state index contributed by atoms with van der Waals surface area (Å²) in [5.74, 6) is 0.297. The second-order valence-corrected chi connectivity index (χ2v) is 6.24. The van der Waals surface area contributed by atoms with Gasteiger partial charge in [-0.1, -0.05) is 12.1 Å². The van der Waals surface area contributed by atoms with Crippen molar-refractivity contribution in [3.63, 3.8) is 0 Å². The fourth-order valence-corrected chi connectivity index (χ4v) is 2.95. The van der Waals surface area contributed by atoms with Crippen LogP contribution < -0.4 is 11.1 Å². The van der Waals surface area contributed by atoms with Crippen molar-refractivity contribution in [2.24, 2.45) is 16.6 Å². The molecule has 0 radical (unpaired) electrons. The van der Waals surface area contributed by atoms with Crippen molar-refractivity contribution in [3.8, 4) is 0 Å². The number of amides is 1. The summed E-state index contributed by atoms with van der Waals surface area (Å²) in [6.45, 7) is 7.13. The molecule has 0 aromatic heterocycles. The number of guanidine groups is 1. The first-order valence-electron chi connectivity index (χ1n) is 9.13. The second-order valence-electron chi connectivity index (χ2n) is 6.24. The van der Waals surface area contributed by atoms with Crippen molar-refractivity contribution in [1.82, 2.24) is 10.2 Å². The second kappa shape index (κ2) is 11.8. The maximum absolute atomic E-state index is 11.9. The van der Waals surface area contributed by atoms with Crippen LogP contribution in [0.3, 0.4) is 0 Å². The molecule has 0 saturated carbocycles. The van der Waals surface area contributed by atoms with E-state index in [1.165, 1.54) is 0 Å². The Bertz CT molecular complexity index is 641. The van der Waals surface area contributed by atoms with Gasteiger partial charge in [-0.05, 0) is 44.4 Å². The number of nitrogens with zero attached hydrogens (tertiary/aromatic N) is 2. The number of benzene rings is 1. The van der Waals surface area contributed by atoms with Crippen molar-refractivity contribution in [1.29, 1.82) is 0 Å². The number of carbonyl (C=O) groups is 2. The van der Waals surface area contributed by atoms with E-state index in [0.29, 0.717) is 18.7 Å². The van der Waals surface area contributed by atoms with Crippen LogP contribution in [0, 0.1) is 5.92 Å². The lowest BCUT2D eigenvalue weighted by atomic mass is 9.97. The van der Waals surface area contributed by atoms with Crippen molar-refractivity contribution >= 4 is 41.8 Å². The standard InChI is InChI=1S/C19H28N4O3.HI/c1-3-21-19(22-13-14-5-7-15(8-6-14)17(20)24)23-11-9-16(10-12-23)18(25)26-4-2;/h5-8,16H,3-4,9-13H2,1-2H3,(H2,20,24)(H,21,22);1H. The Balaban J connectivity index is 0.00000364. The van der Waals surface area contributed by atoms with Crippen molar-refractivity contribution in [3.05, 3.63) is 35.4 Å². The van der Waals surface area contributed by atoms with E-state index < -0.39 is 5.91 Å². The van der Waals surface area contributed by atoms with Crippen LogP contribution >= 0.6 is 24.0 Å². The number of rotatable bonds is 6. The Kier molecular flexibility index (Phi) is 10.1. The van der Waals surface area contributed by atoms with Crippen molar-refractivity contribution in [2.75, 3.05) is 26.2 Å². The number of aliphatic imine (C=N–C) groups is 1. The van der Waals surface area contributed by atoms with Crippen LogP contribution in [0.25, 0.3) is 0 Å². The molecule has 0 bridgehead atoms. The lowest BCUT2D eigenvalue weighted by Gasteiger charge is -2.33. The van der Waals surface area contributed by atoms with Crippen LogP contribution in [-0.2, 0) is 16.1 Å². The van der Waals surface area contributed by atoms with Gasteiger partial charge in [0.2, 0.25) is 5.91 Å². The molecule has 27 heavy (non-hydrogen) atoms. The molecule has 0 aliphatic carbocycles. The number of esters is 1. The van der Waals surface area contributed by atoms with Gasteiger partial charge in [0.25, 0.3) is 0 Å². The number of primary amides is 1. The van der Waals surface area contributed by atoms with Gasteiger partial charge in [0.05, 0.1) is 19.1 Å². The van der Waals surface area contributed by atoms with Gasteiger partial charge < -0.3 is 20.7 Å². The minimum absolute atomic E-state index is 0. The zero-order chi connectivity index (χ0) is 18.9. The number of carbonyl (C=O) groups excluding carboxylic acids is 2. The van der Waals surface area contributed by atoms with E-state index in [-0.39, 0.29) is 35.9 Å². The number of hydrogen-bond acceptors (Lipinski definition) is 4. The Labute approximate surface area is 177 Å². The Morgan fingerprint density at radius 1 is 1.22 bits per heavy atom. The molecule has 1 aromatic carbocycles. The highest BCUT2D eigenvalue weighted by Gasteiger charge is 2.27. The van der Waals surface area contributed by atoms with E-state index in [4.69, 9.17) is 10.5 Å². The first kappa shape index (κ1) is 23.2. The summed E-state index contributed by atoms with van der Waals surface area (Å²) in [6.07, 6.45) is 1.55. The molecule has 1 saturated heterocycles. The van der Waals surface area contributed by atoms with Gasteiger partial charge in [-0.2, -0.15) is 0 Å². The average Bonchev–Trinajstić information content (AvgIpc) is 2.66. The van der Waals surface area contributed by atoms with E-state index in [9.17, 15) is 9.59 Å². The highest BCUT2D eigenvalue weighted by molar-refractivity contribution is 14.0. The van der Waals surface area contributed by atoms with Crippen LogP contribution in [0.4, 0.5) is 0 Å². The summed E-state index contributed by atoms with van der Waals surface area (Å²) < 4.78 is 5.12. The van der Waals surface area contributed by atoms with Crippen LogP contribution in [0.1, 0.15) is 42.6 Å². The molecule has 0 atom stereocenters. The topological polar surface area (TPSA) is 97.0 Å². The van der Waals surface area contributed by atoms with Crippen LogP contribution in [0.5, 0.6) is 0 Å². The number of ether oxygens (including phenoxy) is 1. The minimum Gasteiger partial charge on any atom is -0.466 e. The summed E-state index contributed by atoms with van der Waals surface area (Å²) in [4.78, 5) is 29.9. The number of hydrogen-bond donors (Lipinski definition) is 2. The summed E-state index contributed by atoms with van der Waals surface area (Å²) >= 11 is 0. The highest BCUT2D eigenvalue weighted by atomic mass is 127. The Morgan fingerprint density at radius 3 is 2.37 bits per heavy atom. The van der Waals surface area contributed by atoms with Gasteiger partial charge in [-0.25, -0.2) is 4.99 Å². The van der Waals surface area contributed by atoms with Crippen molar-refractivity contribution in [2.45, 2.75) is 33.2 Å². The third-order valence-corrected chi connectivity index (χ3v) is 4.40. The van der Waals surface area contributed by atoms with Gasteiger partial charge in [0.1, 0.15) is 0 Å². The molecule has 0 spiro atoms. The summed E-state index contributed by atoms with van der Waals surface area (Å²) in [7, 11) is 0. The fraction of sp³-hybridized carbons (Fsp3) is 0.526. The largest absolute Gasteiger partial charge is 0.466 e. The number of likely N-dealkylation sites (tertiary alicyclic amines) is 1. The van der Waals surface area contributed by atoms with Gasteiger partial charge in [0, 0.05) is 25.2 Å². The first-order chi connectivity index (χ1) is 12.5. The number of halogens is 1. The molecule has 0 unspecified atom stereocenters. The normalized spacial score (nSPS) is 15.0. The number of nitrogens with one attached hydrogen (secondary N) is 1. The molecular weight excluding hydrogens is 459 g/mol. The van der Waals surface area contributed by atoms with Crippen LogP contribution in [0.2, 0.25) is 0 Å². The first-order valence-corrected chi connectivity index (χ1v) is 9.13. The maximum atomic E-state index is 11.9. The predicted molar refractivity (Wildman–Crippen MR) is 116 cm³/mol. The lowest BCUT2D eigenvalue weighted by molar-refractivity contribution is -0.149. The quantitative estimate of drug-likeness (QED) is 0.277. The van der Waals surface area contributed by atoms with E-state index >= 15 is 0 Å². The van der Waals surface area contributed by atoms with E-state index in [1.54, 1.807) is 12.1 Å². The lowest BCUT2D eigenvalue weighted by Crippen LogP contribution is -2.46. The smallest absolute Gasteiger partial charge is 0.309 e. The van der Waals surface area contributed by atoms with Crippen LogP contribution in [0.15, 0.2) is 29.3 Å². The molecule has 7 nitrogen and oxygen atoms in total. The molecule has 1 aliphatic rings. The zero-order valence-electron chi connectivity index (χ0n) is 15.9. The molecule has 1 amide bonds. The number of nitrogens with two attached hydrogens (primary N) is 1. The van der Waals surface area contributed by atoms with Gasteiger partial charge in [-0.3, -0.25) is 9.59 Å². The monoisotopic (exact) mass is 488 g/mol. The summed E-state index contributed by atoms with van der Waals surface area (Å²) in [5, 5.41) is 3.31. The molecule has 2 rings (SSSR count). The molecular formula is C19H29IN4O3. The molecule has 1 aromatic rings. The summed E-state index contributed by atoms with van der Waals surface area (Å²) in [6, 6.07) is 7.15. The third-order valence-electron chi connectivity index (χ3n) is 4.40. The fourth-order valence-electron chi connectivity index (χ4n) is 2.95. The highest BCUT2D eigenvalue weighted by Crippen LogP contribution is 2.19. The third kappa shape index (κ3) is 7.00. The average molecular weight is 488 g/mol. The van der Waals surface area contributed by atoms with Crippen molar-refractivity contribution < 1.29 is 14.3 Å². The number of piperidine rings is 1. The SMILES string of the molecule is CCNC(=NCc1ccc(C(N)=O)cc1)N1CCC(C(=O)OCC)CC1.I. The van der Waals surface area contributed by atoms with E-state index in [1.807, 2.05) is 26.0 Å². The zero-order valence-corrected chi connectivity index (χ0v) is 18.3. The Hall–Kier alpha value is -1.84. The Morgan fingerprint density at radius 2 is 1.85 bits per heavy atom. The molecule has 8 heteroatoms. The molecule has 1 heterocycles. The minimum atomic E-state index is -0.433. The molecule has 1 aliphatic heterocycles. The van der Waals surface area contributed by atoms with E-state index in [2.05, 4.69) is 15.2 Å². The van der Waals surface area contributed by atoms with E-state index in [0.717, 1.165) is 44.0 Å². The van der Waals surface area contributed by atoms with Gasteiger partial charge in [0.15, 0.2) is 5.96 Å². The molecule has 1 fully saturated rings. The van der Waals surface area contributed by atoms with Gasteiger partial charge >= 0.3 is 5.97 Å². The molecule has 3 N–H and O–H groups in total. The predicted octanol–water partition coefficient (Wildman–Crippen LogP) is 2.14. The summed E-state index contributed by atoms with van der Waals surface area (Å²) in [5.41, 5.74) is 6.76. The van der Waals surface area contributed by atoms with Crippen LogP contribution in [-0.4, -0.2) is 49.0 Å². The molecule has 150 valence electrons. The maximum Gasteiger partial charge on any atom is 0.309 e. The van der Waals surface area contributed by atoms with Gasteiger partial charge in [-0.15, -0.1) is 24.0 Å².